The monoisotopic (exact) mass is 261 g/mol. The number of aryl methyl sites for hydroxylation is 2. The van der Waals surface area contributed by atoms with Gasteiger partial charge in [-0.05, 0) is 20.3 Å². The minimum atomic E-state index is 0.759. The van der Waals surface area contributed by atoms with Crippen LogP contribution < -0.4 is 5.32 Å². The van der Waals surface area contributed by atoms with E-state index < -0.39 is 0 Å². The van der Waals surface area contributed by atoms with Gasteiger partial charge in [-0.2, -0.15) is 0 Å². The predicted octanol–water partition coefficient (Wildman–Crippen LogP) is 2.15. The lowest BCUT2D eigenvalue weighted by Gasteiger charge is -2.09. The van der Waals surface area contributed by atoms with Crippen LogP contribution >= 0.6 is 0 Å². The molecule has 0 bridgehead atoms. The van der Waals surface area contributed by atoms with Gasteiger partial charge in [0, 0.05) is 26.0 Å². The van der Waals surface area contributed by atoms with Gasteiger partial charge in [0.05, 0.1) is 23.8 Å². The molecule has 0 amide bonds. The van der Waals surface area contributed by atoms with E-state index in [2.05, 4.69) is 24.8 Å². The molecule has 6 nitrogen and oxygen atoms in total. The zero-order valence-electron chi connectivity index (χ0n) is 11.3. The number of aromatic nitrogens is 4. The third-order valence-corrected chi connectivity index (χ3v) is 2.61. The topological polar surface area (TPSA) is 64.9 Å². The first-order valence-corrected chi connectivity index (χ1v) is 6.43. The van der Waals surface area contributed by atoms with Gasteiger partial charge >= 0.3 is 0 Å². The summed E-state index contributed by atoms with van der Waals surface area (Å²) >= 11 is 0. The van der Waals surface area contributed by atoms with Crippen molar-refractivity contribution in [1.82, 2.24) is 19.5 Å². The van der Waals surface area contributed by atoms with Gasteiger partial charge in [0.15, 0.2) is 0 Å². The number of nitrogens with one attached hydrogen (secondary N) is 1. The quantitative estimate of drug-likeness (QED) is 0.774. The van der Waals surface area contributed by atoms with Gasteiger partial charge in [0.1, 0.15) is 6.33 Å². The maximum Gasteiger partial charge on any atom is 0.207 e. The van der Waals surface area contributed by atoms with Crippen LogP contribution in [0.25, 0.3) is 0 Å². The summed E-state index contributed by atoms with van der Waals surface area (Å²) in [5.41, 5.74) is 1.81. The molecule has 2 aromatic rings. The Labute approximate surface area is 112 Å². The summed E-state index contributed by atoms with van der Waals surface area (Å²) in [4.78, 5) is 12.4. The van der Waals surface area contributed by atoms with Gasteiger partial charge in [-0.25, -0.2) is 15.0 Å². The Balaban J connectivity index is 2.00. The highest BCUT2D eigenvalue weighted by atomic mass is 16.5. The first-order valence-electron chi connectivity index (χ1n) is 6.43. The molecule has 0 aromatic carbocycles. The molecule has 0 aliphatic carbocycles. The lowest BCUT2D eigenvalue weighted by Crippen LogP contribution is -2.06. The molecule has 0 radical (unpaired) electrons. The molecule has 6 heteroatoms. The van der Waals surface area contributed by atoms with Crippen LogP contribution in [0.15, 0.2) is 24.9 Å². The highest BCUT2D eigenvalue weighted by molar-refractivity contribution is 5.50. The summed E-state index contributed by atoms with van der Waals surface area (Å²) in [5.74, 6) is 0.809. The third kappa shape index (κ3) is 4.03. The van der Waals surface area contributed by atoms with Gasteiger partial charge in [-0.3, -0.25) is 0 Å². The number of imidazole rings is 1. The molecule has 2 aromatic heterocycles. The molecule has 0 saturated heterocycles. The van der Waals surface area contributed by atoms with E-state index in [1.54, 1.807) is 12.4 Å². The van der Waals surface area contributed by atoms with Gasteiger partial charge in [-0.15, -0.1) is 0 Å². The fourth-order valence-corrected chi connectivity index (χ4v) is 1.79. The van der Waals surface area contributed by atoms with Crippen molar-refractivity contribution in [3.05, 3.63) is 30.6 Å². The van der Waals surface area contributed by atoms with E-state index in [1.807, 2.05) is 20.0 Å². The van der Waals surface area contributed by atoms with Gasteiger partial charge in [0.25, 0.3) is 0 Å². The van der Waals surface area contributed by atoms with Gasteiger partial charge in [-0.1, -0.05) is 0 Å². The molecular weight excluding hydrogens is 242 g/mol. The summed E-state index contributed by atoms with van der Waals surface area (Å²) in [5, 5.41) is 3.22. The second-order valence-electron chi connectivity index (χ2n) is 4.20. The summed E-state index contributed by atoms with van der Waals surface area (Å²) in [6.45, 7) is 6.38. The van der Waals surface area contributed by atoms with Crippen LogP contribution in [-0.2, 0) is 11.3 Å². The number of nitrogens with zero attached hydrogens (tertiary/aromatic N) is 4. The van der Waals surface area contributed by atoms with Crippen LogP contribution in [0.1, 0.15) is 19.0 Å². The molecule has 0 saturated carbocycles. The van der Waals surface area contributed by atoms with E-state index >= 15 is 0 Å². The van der Waals surface area contributed by atoms with E-state index in [9.17, 15) is 0 Å². The number of hydrogen-bond donors (Lipinski definition) is 1. The summed E-state index contributed by atoms with van der Waals surface area (Å²) in [6.07, 6.45) is 7.94. The maximum atomic E-state index is 5.35. The fraction of sp³-hybridized carbons (Fsp3) is 0.462. The molecule has 102 valence electrons. The fourth-order valence-electron chi connectivity index (χ4n) is 1.79. The van der Waals surface area contributed by atoms with E-state index in [1.165, 1.54) is 6.33 Å². The molecule has 0 aliphatic rings. The average Bonchev–Trinajstić information content (AvgIpc) is 2.76. The molecule has 2 rings (SSSR count). The minimum Gasteiger partial charge on any atom is -0.382 e. The van der Waals surface area contributed by atoms with Crippen molar-refractivity contribution in [2.45, 2.75) is 26.8 Å². The van der Waals surface area contributed by atoms with Crippen LogP contribution in [0.5, 0.6) is 0 Å². The summed E-state index contributed by atoms with van der Waals surface area (Å²) in [7, 11) is 0. The Morgan fingerprint density at radius 2 is 2.11 bits per heavy atom. The second-order valence-corrected chi connectivity index (χ2v) is 4.20. The lowest BCUT2D eigenvalue weighted by molar-refractivity contribution is 0.142. The van der Waals surface area contributed by atoms with Crippen LogP contribution in [0.3, 0.4) is 0 Å². The van der Waals surface area contributed by atoms with E-state index in [4.69, 9.17) is 4.74 Å². The lowest BCUT2D eigenvalue weighted by atomic mass is 10.4. The SMILES string of the molecule is CCOCCCn1cc(C)nc1Nc1cncnc1. The van der Waals surface area contributed by atoms with E-state index in [-0.39, 0.29) is 0 Å². The van der Waals surface area contributed by atoms with Crippen LogP contribution in [0.2, 0.25) is 0 Å². The van der Waals surface area contributed by atoms with E-state index in [0.29, 0.717) is 0 Å². The summed E-state index contributed by atoms with van der Waals surface area (Å²) in [6, 6.07) is 0. The molecule has 0 aliphatic heterocycles. The molecule has 0 atom stereocenters. The zero-order chi connectivity index (χ0) is 13.5. The van der Waals surface area contributed by atoms with Crippen molar-refractivity contribution in [3.63, 3.8) is 0 Å². The molecule has 19 heavy (non-hydrogen) atoms. The maximum absolute atomic E-state index is 5.35. The average molecular weight is 261 g/mol. The number of ether oxygens (including phenoxy) is 1. The highest BCUT2D eigenvalue weighted by Crippen LogP contribution is 2.15. The van der Waals surface area contributed by atoms with Crippen molar-refractivity contribution < 1.29 is 4.74 Å². The molecular formula is C13H19N5O. The largest absolute Gasteiger partial charge is 0.382 e. The Hall–Kier alpha value is -1.95. The van der Waals surface area contributed by atoms with Crippen LogP contribution in [-0.4, -0.2) is 32.7 Å². The van der Waals surface area contributed by atoms with Crippen molar-refractivity contribution in [3.8, 4) is 0 Å². The molecule has 0 spiro atoms. The Bertz CT molecular complexity index is 497. The molecule has 0 unspecified atom stereocenters. The van der Waals surface area contributed by atoms with Crippen molar-refractivity contribution in [2.24, 2.45) is 0 Å². The second kappa shape index (κ2) is 6.84. The number of rotatable bonds is 7. The predicted molar refractivity (Wildman–Crippen MR) is 73.4 cm³/mol. The first kappa shape index (κ1) is 13.5. The van der Waals surface area contributed by atoms with Gasteiger partial charge in [0.2, 0.25) is 5.95 Å². The minimum absolute atomic E-state index is 0.759. The zero-order valence-corrected chi connectivity index (χ0v) is 11.3. The number of hydrogen-bond acceptors (Lipinski definition) is 5. The molecule has 0 fully saturated rings. The van der Waals surface area contributed by atoms with Crippen molar-refractivity contribution in [2.75, 3.05) is 18.5 Å². The normalized spacial score (nSPS) is 10.6. The van der Waals surface area contributed by atoms with Gasteiger partial charge < -0.3 is 14.6 Å². The number of anilines is 2. The Kier molecular flexibility index (Phi) is 4.85. The Morgan fingerprint density at radius 1 is 1.32 bits per heavy atom. The highest BCUT2D eigenvalue weighted by Gasteiger charge is 2.06. The van der Waals surface area contributed by atoms with Crippen LogP contribution in [0, 0.1) is 6.92 Å². The summed E-state index contributed by atoms with van der Waals surface area (Å²) < 4.78 is 7.43. The smallest absolute Gasteiger partial charge is 0.207 e. The molecule has 2 heterocycles. The molecule has 1 N–H and O–H groups in total. The standard InChI is InChI=1S/C13H19N5O/c1-3-19-6-4-5-18-9-11(2)16-13(18)17-12-7-14-10-15-8-12/h7-10H,3-6H2,1-2H3,(H,16,17). The van der Waals surface area contributed by atoms with Crippen molar-refractivity contribution >= 4 is 11.6 Å². The van der Waals surface area contributed by atoms with Crippen molar-refractivity contribution in [1.29, 1.82) is 0 Å². The third-order valence-electron chi connectivity index (χ3n) is 2.61. The first-order chi connectivity index (χ1) is 9.29. The Morgan fingerprint density at radius 3 is 2.84 bits per heavy atom. The van der Waals surface area contributed by atoms with E-state index in [0.717, 1.165) is 43.5 Å². The van der Waals surface area contributed by atoms with Crippen LogP contribution in [0.4, 0.5) is 11.6 Å².